The summed E-state index contributed by atoms with van der Waals surface area (Å²) in [4.78, 5) is 4.85. The van der Waals surface area contributed by atoms with E-state index in [-0.39, 0.29) is 0 Å². The molecule has 0 aliphatic carbocycles. The summed E-state index contributed by atoms with van der Waals surface area (Å²) in [7, 11) is 0. The first-order valence-electron chi connectivity index (χ1n) is 20.4. The summed E-state index contributed by atoms with van der Waals surface area (Å²) >= 11 is 3.71. The zero-order valence-electron chi connectivity index (χ0n) is 33.3. The molecule has 4 heteroatoms. The van der Waals surface area contributed by atoms with Crippen molar-refractivity contribution in [2.24, 2.45) is 0 Å². The van der Waals surface area contributed by atoms with Crippen molar-refractivity contribution in [3.8, 4) is 22.3 Å². The predicted molar refractivity (Wildman–Crippen MR) is 262 cm³/mol. The molecule has 0 aliphatic heterocycles. The average Bonchev–Trinajstić information content (AvgIpc) is 3.86. The first kappa shape index (κ1) is 36.1. The van der Waals surface area contributed by atoms with Gasteiger partial charge in [-0.15, -0.1) is 22.7 Å². The molecule has 0 saturated heterocycles. The Labute approximate surface area is 358 Å². The number of fused-ring (bicyclic) bond motifs is 6. The third-order valence-corrected chi connectivity index (χ3v) is 14.0. The van der Waals surface area contributed by atoms with E-state index < -0.39 is 0 Å². The van der Waals surface area contributed by atoms with Crippen LogP contribution in [0.4, 0.5) is 34.1 Å². The van der Waals surface area contributed by atoms with Gasteiger partial charge in [-0.2, -0.15) is 0 Å². The van der Waals surface area contributed by atoms with Crippen molar-refractivity contribution in [1.29, 1.82) is 0 Å². The summed E-state index contributed by atoms with van der Waals surface area (Å²) < 4.78 is 5.18. The zero-order valence-corrected chi connectivity index (χ0v) is 35.0. The molecular formula is C56H40N2S2. The molecule has 60 heavy (non-hydrogen) atoms. The number of aryl methyl sites for hydroxylation is 2. The minimum absolute atomic E-state index is 1.08. The van der Waals surface area contributed by atoms with Crippen molar-refractivity contribution in [3.05, 3.63) is 217 Å². The van der Waals surface area contributed by atoms with Crippen molar-refractivity contribution in [3.63, 3.8) is 0 Å². The molecule has 2 heterocycles. The van der Waals surface area contributed by atoms with Crippen molar-refractivity contribution in [1.82, 2.24) is 0 Å². The molecule has 286 valence electrons. The van der Waals surface area contributed by atoms with E-state index in [2.05, 4.69) is 230 Å². The minimum atomic E-state index is 1.08. The van der Waals surface area contributed by atoms with Gasteiger partial charge < -0.3 is 9.80 Å². The second kappa shape index (κ2) is 15.0. The fourth-order valence-corrected chi connectivity index (χ4v) is 11.0. The average molecular weight is 805 g/mol. The summed E-state index contributed by atoms with van der Waals surface area (Å²) in [6, 6.07) is 75.7. The van der Waals surface area contributed by atoms with Crippen LogP contribution in [0.15, 0.2) is 206 Å². The summed E-state index contributed by atoms with van der Waals surface area (Å²) in [6.07, 6.45) is 0. The normalized spacial score (nSPS) is 11.5. The molecule has 0 N–H and O–H groups in total. The molecule has 0 atom stereocenters. The lowest BCUT2D eigenvalue weighted by atomic mass is 9.93. The summed E-state index contributed by atoms with van der Waals surface area (Å²) in [6.45, 7) is 4.44. The van der Waals surface area contributed by atoms with Gasteiger partial charge in [0.1, 0.15) is 0 Å². The Bertz CT molecular complexity index is 3210. The summed E-state index contributed by atoms with van der Waals surface area (Å²) in [5.41, 5.74) is 14.0. The van der Waals surface area contributed by atoms with Gasteiger partial charge in [0.15, 0.2) is 0 Å². The van der Waals surface area contributed by atoms with Crippen molar-refractivity contribution in [2.45, 2.75) is 13.8 Å². The van der Waals surface area contributed by atoms with Gasteiger partial charge in [-0.3, -0.25) is 0 Å². The smallest absolute Gasteiger partial charge is 0.0488 e. The molecule has 11 aromatic rings. The highest BCUT2D eigenvalue weighted by molar-refractivity contribution is 7.26. The molecule has 0 fully saturated rings. The van der Waals surface area contributed by atoms with Crippen LogP contribution in [-0.4, -0.2) is 0 Å². The second-order valence-electron chi connectivity index (χ2n) is 15.5. The Morgan fingerprint density at radius 2 is 0.750 bits per heavy atom. The fourth-order valence-electron chi connectivity index (χ4n) is 8.80. The standard InChI is InChI=1S/C56H40N2S2/c1-37-15-9-10-20-47(37)48-28-25-39(31-38(48)2)40-32-45(57(41-16-5-3-6-17-41)42-18-7-4-8-19-42)34-46(33-40)58(43-26-29-55-51(35-43)49-21-11-13-23-53(49)59-55)44-27-30-56-52(36-44)50-22-12-14-24-54(50)60-56/h3-36H,1-2H3. The molecule has 2 aromatic heterocycles. The molecule has 0 bridgehead atoms. The van der Waals surface area contributed by atoms with Gasteiger partial charge in [0.2, 0.25) is 0 Å². The number of hydrogen-bond acceptors (Lipinski definition) is 4. The van der Waals surface area contributed by atoms with Crippen LogP contribution >= 0.6 is 22.7 Å². The van der Waals surface area contributed by atoms with E-state index in [0.29, 0.717) is 0 Å². The van der Waals surface area contributed by atoms with Crippen molar-refractivity contribution < 1.29 is 0 Å². The maximum Gasteiger partial charge on any atom is 0.0488 e. The zero-order chi connectivity index (χ0) is 40.2. The molecule has 9 aromatic carbocycles. The molecule has 11 rings (SSSR count). The Kier molecular flexibility index (Phi) is 9.03. The highest BCUT2D eigenvalue weighted by Gasteiger charge is 2.21. The van der Waals surface area contributed by atoms with Crippen molar-refractivity contribution >= 4 is 97.1 Å². The molecule has 0 unspecified atom stereocenters. The highest BCUT2D eigenvalue weighted by Crippen LogP contribution is 2.47. The fraction of sp³-hybridized carbons (Fsp3) is 0.0357. The lowest BCUT2D eigenvalue weighted by Gasteiger charge is -2.30. The van der Waals surface area contributed by atoms with E-state index in [0.717, 1.165) is 39.7 Å². The van der Waals surface area contributed by atoms with Crippen LogP contribution in [0.1, 0.15) is 11.1 Å². The Morgan fingerprint density at radius 1 is 0.283 bits per heavy atom. The number of rotatable bonds is 8. The largest absolute Gasteiger partial charge is 0.310 e. The van der Waals surface area contributed by atoms with Crippen LogP contribution in [0, 0.1) is 13.8 Å². The molecule has 0 spiro atoms. The third-order valence-electron chi connectivity index (χ3n) is 11.7. The maximum absolute atomic E-state index is 2.47. The van der Waals surface area contributed by atoms with Crippen molar-refractivity contribution in [2.75, 3.05) is 9.80 Å². The topological polar surface area (TPSA) is 6.48 Å². The van der Waals surface area contributed by atoms with Crippen LogP contribution in [0.2, 0.25) is 0 Å². The van der Waals surface area contributed by atoms with Gasteiger partial charge >= 0.3 is 0 Å². The maximum atomic E-state index is 2.47. The third kappa shape index (κ3) is 6.42. The van der Waals surface area contributed by atoms with Crippen LogP contribution in [0.3, 0.4) is 0 Å². The lowest BCUT2D eigenvalue weighted by Crippen LogP contribution is -2.13. The summed E-state index contributed by atoms with van der Waals surface area (Å²) in [5.74, 6) is 0. The molecule has 0 amide bonds. The van der Waals surface area contributed by atoms with Crippen LogP contribution in [0.5, 0.6) is 0 Å². The Morgan fingerprint density at radius 3 is 1.30 bits per heavy atom. The SMILES string of the molecule is Cc1ccccc1-c1ccc(-c2cc(N(c3ccccc3)c3ccccc3)cc(N(c3ccc4sc5ccccc5c4c3)c3ccc4sc5ccccc5c4c3)c2)cc1C. The van der Waals surface area contributed by atoms with E-state index in [9.17, 15) is 0 Å². The monoisotopic (exact) mass is 804 g/mol. The number of thiophene rings is 2. The molecule has 0 saturated carbocycles. The number of nitrogens with zero attached hydrogens (tertiary/aromatic N) is 2. The van der Waals surface area contributed by atoms with E-state index in [4.69, 9.17) is 0 Å². The lowest BCUT2D eigenvalue weighted by molar-refractivity contribution is 1.25. The molecule has 2 nitrogen and oxygen atoms in total. The molecule has 0 radical (unpaired) electrons. The Hall–Kier alpha value is -6.98. The summed E-state index contributed by atoms with van der Waals surface area (Å²) in [5, 5.41) is 5.12. The minimum Gasteiger partial charge on any atom is -0.310 e. The molecular weight excluding hydrogens is 765 g/mol. The van der Waals surface area contributed by atoms with E-state index in [1.54, 1.807) is 0 Å². The second-order valence-corrected chi connectivity index (χ2v) is 17.6. The van der Waals surface area contributed by atoms with E-state index >= 15 is 0 Å². The Balaban J connectivity index is 1.18. The van der Waals surface area contributed by atoms with Gasteiger partial charge in [0.05, 0.1) is 0 Å². The quantitative estimate of drug-likeness (QED) is 0.151. The van der Waals surface area contributed by atoms with Gasteiger partial charge in [0.25, 0.3) is 0 Å². The highest BCUT2D eigenvalue weighted by atomic mass is 32.1. The van der Waals surface area contributed by atoms with Crippen LogP contribution < -0.4 is 9.80 Å². The van der Waals surface area contributed by atoms with Gasteiger partial charge in [-0.1, -0.05) is 115 Å². The number of hydrogen-bond donors (Lipinski definition) is 0. The predicted octanol–water partition coefficient (Wildman–Crippen LogP) is 17.3. The molecule has 0 aliphatic rings. The van der Waals surface area contributed by atoms with Crippen LogP contribution in [0.25, 0.3) is 62.6 Å². The van der Waals surface area contributed by atoms with E-state index in [1.807, 2.05) is 22.7 Å². The van der Waals surface area contributed by atoms with E-state index in [1.165, 1.54) is 68.2 Å². The number of anilines is 6. The van der Waals surface area contributed by atoms with Crippen LogP contribution in [-0.2, 0) is 0 Å². The van der Waals surface area contributed by atoms with Gasteiger partial charge in [-0.25, -0.2) is 0 Å². The first-order chi connectivity index (χ1) is 29.6. The van der Waals surface area contributed by atoms with Gasteiger partial charge in [-0.05, 0) is 138 Å². The first-order valence-corrected chi connectivity index (χ1v) is 22.0. The number of para-hydroxylation sites is 2. The van der Waals surface area contributed by atoms with Gasteiger partial charge in [0, 0.05) is 74.5 Å². The number of benzene rings is 9.